The van der Waals surface area contributed by atoms with Crippen molar-refractivity contribution in [1.82, 2.24) is 14.4 Å². The molecule has 0 radical (unpaired) electrons. The van der Waals surface area contributed by atoms with Gasteiger partial charge in [0.1, 0.15) is 5.76 Å². The van der Waals surface area contributed by atoms with Crippen molar-refractivity contribution in [3.8, 4) is 0 Å². The van der Waals surface area contributed by atoms with Gasteiger partial charge in [-0.1, -0.05) is 0 Å². The van der Waals surface area contributed by atoms with E-state index in [0.717, 1.165) is 11.3 Å². The summed E-state index contributed by atoms with van der Waals surface area (Å²) in [7, 11) is 0. The molecule has 0 aliphatic heterocycles. The number of allylic oxidation sites excluding steroid dienone is 3. The van der Waals surface area contributed by atoms with E-state index in [-0.39, 0.29) is 5.76 Å². The fraction of sp³-hybridized carbons (Fsp3) is 0.167. The number of hydrogen-bond donors (Lipinski definition) is 2. The Balaban J connectivity index is 2.60. The van der Waals surface area contributed by atoms with Gasteiger partial charge in [0, 0.05) is 12.4 Å². The smallest absolute Gasteiger partial charge is 0.180 e. The van der Waals surface area contributed by atoms with Crippen molar-refractivity contribution in [3.05, 3.63) is 42.2 Å². The fourth-order valence-electron chi connectivity index (χ4n) is 1.61. The molecule has 3 N–H and O–H groups in total. The van der Waals surface area contributed by atoms with E-state index >= 15 is 0 Å². The Hall–Kier alpha value is -2.30. The maximum Gasteiger partial charge on any atom is 0.180 e. The second kappa shape index (κ2) is 4.29. The molecule has 0 atom stereocenters. The van der Waals surface area contributed by atoms with Gasteiger partial charge in [-0.3, -0.25) is 4.40 Å². The Bertz CT molecular complexity index is 610. The van der Waals surface area contributed by atoms with Crippen molar-refractivity contribution in [2.75, 3.05) is 5.73 Å². The van der Waals surface area contributed by atoms with Crippen LogP contribution in [0.4, 0.5) is 5.82 Å². The second-order valence-electron chi connectivity index (χ2n) is 3.69. The van der Waals surface area contributed by atoms with Gasteiger partial charge in [-0.25, -0.2) is 9.97 Å². The van der Waals surface area contributed by atoms with Crippen LogP contribution in [0.2, 0.25) is 0 Å². The molecule has 2 aromatic rings. The van der Waals surface area contributed by atoms with E-state index < -0.39 is 0 Å². The van der Waals surface area contributed by atoms with E-state index in [1.807, 2.05) is 17.5 Å². The number of nitrogen functional groups attached to an aromatic ring is 1. The van der Waals surface area contributed by atoms with Crippen LogP contribution in [0.5, 0.6) is 0 Å². The first-order valence-corrected chi connectivity index (χ1v) is 5.25. The average molecular weight is 230 g/mol. The molecule has 0 saturated carbocycles. The van der Waals surface area contributed by atoms with E-state index in [2.05, 4.69) is 9.97 Å². The molecule has 5 heteroatoms. The highest BCUT2D eigenvalue weighted by Gasteiger charge is 2.07. The molecule has 0 aliphatic carbocycles. The number of aliphatic hydroxyl groups excluding tert-OH is 1. The van der Waals surface area contributed by atoms with E-state index in [1.165, 1.54) is 0 Å². The number of imidazole rings is 1. The monoisotopic (exact) mass is 230 g/mol. The van der Waals surface area contributed by atoms with Gasteiger partial charge in [-0.2, -0.15) is 0 Å². The minimum Gasteiger partial charge on any atom is -0.508 e. The number of aromatic nitrogens is 3. The normalized spacial score (nSPS) is 13.3. The summed E-state index contributed by atoms with van der Waals surface area (Å²) in [6.07, 6.45) is 8.44. The van der Waals surface area contributed by atoms with Crippen LogP contribution >= 0.6 is 0 Å². The summed E-state index contributed by atoms with van der Waals surface area (Å²) in [5, 5.41) is 9.48. The third kappa shape index (κ3) is 1.99. The zero-order valence-corrected chi connectivity index (χ0v) is 9.75. The molecule has 2 heterocycles. The summed E-state index contributed by atoms with van der Waals surface area (Å²) in [6.45, 7) is 3.67. The summed E-state index contributed by atoms with van der Waals surface area (Å²) >= 11 is 0. The maximum absolute atomic E-state index is 9.48. The first-order valence-electron chi connectivity index (χ1n) is 5.25. The quantitative estimate of drug-likeness (QED) is 0.612. The topological polar surface area (TPSA) is 76.4 Å². The number of nitrogens with two attached hydrogens (primary N) is 1. The number of fused-ring (bicyclic) bond motifs is 1. The van der Waals surface area contributed by atoms with Gasteiger partial charge < -0.3 is 10.8 Å². The van der Waals surface area contributed by atoms with Crippen LogP contribution in [-0.2, 0) is 0 Å². The third-order valence-corrected chi connectivity index (χ3v) is 2.52. The fourth-order valence-corrected chi connectivity index (χ4v) is 1.61. The zero-order valence-electron chi connectivity index (χ0n) is 9.75. The lowest BCUT2D eigenvalue weighted by Crippen LogP contribution is -2.01. The van der Waals surface area contributed by atoms with Crippen LogP contribution in [0, 0.1) is 0 Å². The van der Waals surface area contributed by atoms with Crippen molar-refractivity contribution < 1.29 is 5.11 Å². The zero-order chi connectivity index (χ0) is 12.4. The van der Waals surface area contributed by atoms with Crippen molar-refractivity contribution >= 4 is 17.0 Å². The van der Waals surface area contributed by atoms with Crippen molar-refractivity contribution in [2.45, 2.75) is 13.8 Å². The van der Waals surface area contributed by atoms with Gasteiger partial charge in [0.2, 0.25) is 0 Å². The summed E-state index contributed by atoms with van der Waals surface area (Å²) in [4.78, 5) is 8.22. The molecule has 2 rings (SSSR count). The first-order chi connectivity index (χ1) is 8.13. The lowest BCUT2D eigenvalue weighted by Gasteiger charge is -2.06. The highest BCUT2D eigenvalue weighted by atomic mass is 16.3. The predicted octanol–water partition coefficient (Wildman–Crippen LogP) is 2.18. The number of hydrogen-bond acceptors (Lipinski definition) is 4. The van der Waals surface area contributed by atoms with Gasteiger partial charge in [0.05, 0.1) is 11.9 Å². The first kappa shape index (κ1) is 11.2. The van der Waals surface area contributed by atoms with Crippen LogP contribution in [0.1, 0.15) is 19.5 Å². The van der Waals surface area contributed by atoms with E-state index in [1.54, 1.807) is 31.5 Å². The van der Waals surface area contributed by atoms with Gasteiger partial charge >= 0.3 is 0 Å². The van der Waals surface area contributed by atoms with Crippen LogP contribution in [-0.4, -0.2) is 19.5 Å². The van der Waals surface area contributed by atoms with Crippen LogP contribution < -0.4 is 5.73 Å². The SMILES string of the molecule is C/C=C(O)\C=C(/C)c1cnc(N)c2nccn12. The van der Waals surface area contributed by atoms with E-state index in [0.29, 0.717) is 11.5 Å². The molecule has 0 aliphatic rings. The number of anilines is 1. The summed E-state index contributed by atoms with van der Waals surface area (Å²) in [5.74, 6) is 0.606. The molecule has 0 spiro atoms. The Labute approximate surface area is 98.9 Å². The molecule has 0 bridgehead atoms. The predicted molar refractivity (Wildman–Crippen MR) is 67.4 cm³/mol. The highest BCUT2D eigenvalue weighted by molar-refractivity contribution is 5.69. The third-order valence-electron chi connectivity index (χ3n) is 2.52. The van der Waals surface area contributed by atoms with Crippen molar-refractivity contribution in [3.63, 3.8) is 0 Å². The Morgan fingerprint density at radius 3 is 2.94 bits per heavy atom. The highest BCUT2D eigenvalue weighted by Crippen LogP contribution is 2.18. The van der Waals surface area contributed by atoms with Gasteiger partial charge in [0.15, 0.2) is 11.5 Å². The maximum atomic E-state index is 9.48. The molecule has 17 heavy (non-hydrogen) atoms. The number of aliphatic hydroxyl groups is 1. The van der Waals surface area contributed by atoms with Gasteiger partial charge in [-0.15, -0.1) is 0 Å². The molecule has 0 saturated heterocycles. The summed E-state index contributed by atoms with van der Waals surface area (Å²) in [6, 6.07) is 0. The molecule has 0 amide bonds. The summed E-state index contributed by atoms with van der Waals surface area (Å²) in [5.41, 5.74) is 8.08. The lowest BCUT2D eigenvalue weighted by molar-refractivity contribution is 0.431. The van der Waals surface area contributed by atoms with Crippen molar-refractivity contribution in [1.29, 1.82) is 0 Å². The molecule has 0 fully saturated rings. The molecule has 88 valence electrons. The Morgan fingerprint density at radius 2 is 2.24 bits per heavy atom. The van der Waals surface area contributed by atoms with Crippen LogP contribution in [0.3, 0.4) is 0 Å². The molecular weight excluding hydrogens is 216 g/mol. The summed E-state index contributed by atoms with van der Waals surface area (Å²) < 4.78 is 1.84. The van der Waals surface area contributed by atoms with Gasteiger partial charge in [0.25, 0.3) is 0 Å². The minimum absolute atomic E-state index is 0.215. The number of rotatable bonds is 2. The lowest BCUT2D eigenvalue weighted by atomic mass is 10.2. The molecule has 0 aromatic carbocycles. The minimum atomic E-state index is 0.215. The molecule has 5 nitrogen and oxygen atoms in total. The standard InChI is InChI=1S/C12H14N4O/c1-3-9(17)6-8(2)10-7-15-11(13)12-14-4-5-16(10)12/h3-7,17H,1-2H3,(H2,13,15)/b8-6+,9-3+. The molecule has 0 unspecified atom stereocenters. The largest absolute Gasteiger partial charge is 0.508 e. The molecule has 2 aromatic heterocycles. The molecular formula is C12H14N4O. The average Bonchev–Trinajstić information content (AvgIpc) is 2.79. The van der Waals surface area contributed by atoms with Crippen molar-refractivity contribution in [2.24, 2.45) is 0 Å². The second-order valence-corrected chi connectivity index (χ2v) is 3.69. The van der Waals surface area contributed by atoms with Crippen LogP contribution in [0.25, 0.3) is 11.2 Å². The van der Waals surface area contributed by atoms with E-state index in [4.69, 9.17) is 5.73 Å². The van der Waals surface area contributed by atoms with Crippen LogP contribution in [0.15, 0.2) is 36.5 Å². The number of nitrogens with zero attached hydrogens (tertiary/aromatic N) is 3. The Morgan fingerprint density at radius 1 is 1.47 bits per heavy atom. The van der Waals surface area contributed by atoms with E-state index in [9.17, 15) is 5.11 Å². The Kier molecular flexibility index (Phi) is 2.82. The van der Waals surface area contributed by atoms with Gasteiger partial charge in [-0.05, 0) is 31.6 Å².